The summed E-state index contributed by atoms with van der Waals surface area (Å²) in [6.45, 7) is 1.89. The Bertz CT molecular complexity index is 414. The van der Waals surface area contributed by atoms with Gasteiger partial charge in [-0.25, -0.2) is 4.79 Å². The van der Waals surface area contributed by atoms with Crippen LogP contribution in [-0.2, 0) is 15.1 Å². The predicted octanol–water partition coefficient (Wildman–Crippen LogP) is 2.43. The maximum absolute atomic E-state index is 12.0. The molecular weight excluding hydrogens is 329 g/mol. The normalized spacial score (nSPS) is 18.5. The van der Waals surface area contributed by atoms with Crippen LogP contribution in [0.15, 0.2) is 24.3 Å². The topological polar surface area (TPSA) is 38.3 Å². The fourth-order valence-electron chi connectivity index (χ4n) is 1.88. The van der Waals surface area contributed by atoms with Crippen molar-refractivity contribution in [1.82, 2.24) is 5.32 Å². The highest BCUT2D eigenvalue weighted by molar-refractivity contribution is 14.1. The fourth-order valence-corrected chi connectivity index (χ4v) is 2.24. The van der Waals surface area contributed by atoms with Crippen LogP contribution in [0.5, 0.6) is 0 Å². The Hall–Kier alpha value is -0.620. The van der Waals surface area contributed by atoms with Crippen LogP contribution >= 0.6 is 22.6 Å². The van der Waals surface area contributed by atoms with E-state index < -0.39 is 5.54 Å². The van der Waals surface area contributed by atoms with Gasteiger partial charge in [-0.3, -0.25) is 5.32 Å². The van der Waals surface area contributed by atoms with Gasteiger partial charge in [-0.15, -0.1) is 0 Å². The minimum Gasteiger partial charge on any atom is -0.467 e. The minimum atomic E-state index is -0.736. The van der Waals surface area contributed by atoms with Crippen molar-refractivity contribution in [3.8, 4) is 0 Å². The number of esters is 1. The molecule has 1 aromatic rings. The number of carbonyl (C=O) groups is 1. The van der Waals surface area contributed by atoms with Crippen LogP contribution in [-0.4, -0.2) is 19.1 Å². The first-order valence-corrected chi connectivity index (χ1v) is 6.76. The second-order valence-corrected chi connectivity index (χ2v) is 5.79. The third-order valence-corrected chi connectivity index (χ3v) is 3.80. The van der Waals surface area contributed by atoms with Gasteiger partial charge in [-0.1, -0.05) is 12.1 Å². The van der Waals surface area contributed by atoms with Crippen LogP contribution in [0, 0.1) is 3.57 Å². The summed E-state index contributed by atoms with van der Waals surface area (Å²) in [6.07, 6.45) is 2.27. The average Bonchev–Trinajstić information content (AvgIpc) is 3.12. The molecule has 1 atom stereocenters. The summed E-state index contributed by atoms with van der Waals surface area (Å²) in [6, 6.07) is 8.41. The van der Waals surface area contributed by atoms with E-state index in [2.05, 4.69) is 27.9 Å². The molecule has 1 aliphatic carbocycles. The first-order chi connectivity index (χ1) is 8.06. The maximum Gasteiger partial charge on any atom is 0.330 e. The van der Waals surface area contributed by atoms with Crippen molar-refractivity contribution in [3.63, 3.8) is 0 Å². The van der Waals surface area contributed by atoms with Crippen LogP contribution in [0.3, 0.4) is 0 Å². The fraction of sp³-hybridized carbons (Fsp3) is 0.462. The summed E-state index contributed by atoms with van der Waals surface area (Å²) in [7, 11) is 1.43. The van der Waals surface area contributed by atoms with Crippen LogP contribution in [0.2, 0.25) is 0 Å². The lowest BCUT2D eigenvalue weighted by Gasteiger charge is -2.28. The van der Waals surface area contributed by atoms with Crippen LogP contribution in [0.25, 0.3) is 0 Å². The van der Waals surface area contributed by atoms with Gasteiger partial charge in [-0.05, 0) is 60.1 Å². The summed E-state index contributed by atoms with van der Waals surface area (Å²) in [5.74, 6) is -0.231. The Morgan fingerprint density at radius 3 is 2.47 bits per heavy atom. The van der Waals surface area contributed by atoms with Crippen LogP contribution in [0.1, 0.15) is 25.3 Å². The quantitative estimate of drug-likeness (QED) is 0.673. The molecule has 2 rings (SSSR count). The molecule has 0 heterocycles. The molecule has 0 radical (unpaired) electrons. The van der Waals surface area contributed by atoms with E-state index in [-0.39, 0.29) is 5.97 Å². The average molecular weight is 345 g/mol. The Balaban J connectivity index is 2.30. The molecule has 1 saturated carbocycles. The number of methoxy groups -OCH3 is 1. The van der Waals surface area contributed by atoms with Gasteiger partial charge in [-0.2, -0.15) is 0 Å². The van der Waals surface area contributed by atoms with Crippen molar-refractivity contribution < 1.29 is 9.53 Å². The first-order valence-electron chi connectivity index (χ1n) is 5.68. The molecule has 0 amide bonds. The minimum absolute atomic E-state index is 0.231. The molecule has 92 valence electrons. The first kappa shape index (κ1) is 12.8. The SMILES string of the molecule is COC(=O)C(C)(NC1CC1)c1ccc(I)cc1. The number of ether oxygens (including phenoxy) is 1. The molecular formula is C13H16INO2. The number of carbonyl (C=O) groups excluding carboxylic acids is 1. The van der Waals surface area contributed by atoms with Gasteiger partial charge < -0.3 is 4.74 Å². The van der Waals surface area contributed by atoms with Gasteiger partial charge >= 0.3 is 5.97 Å². The summed E-state index contributed by atoms with van der Waals surface area (Å²) >= 11 is 2.25. The standard InChI is InChI=1S/C13H16INO2/c1-13(12(16)17-2,15-11-7-8-11)9-3-5-10(14)6-4-9/h3-6,11,15H,7-8H2,1-2H3. The van der Waals surface area contributed by atoms with Crippen molar-refractivity contribution in [2.45, 2.75) is 31.3 Å². The lowest BCUT2D eigenvalue weighted by molar-refractivity contribution is -0.148. The molecule has 3 nitrogen and oxygen atoms in total. The largest absolute Gasteiger partial charge is 0.467 e. The second kappa shape index (κ2) is 4.94. The number of rotatable bonds is 4. The van der Waals surface area contributed by atoms with E-state index in [0.717, 1.165) is 22.0 Å². The van der Waals surface area contributed by atoms with Crippen molar-refractivity contribution in [2.75, 3.05) is 7.11 Å². The molecule has 0 spiro atoms. The molecule has 0 saturated heterocycles. The van der Waals surface area contributed by atoms with E-state index in [9.17, 15) is 4.79 Å². The molecule has 1 fully saturated rings. The number of halogens is 1. The number of benzene rings is 1. The maximum atomic E-state index is 12.0. The van der Waals surface area contributed by atoms with Gasteiger partial charge in [0.25, 0.3) is 0 Å². The number of hydrogen-bond acceptors (Lipinski definition) is 3. The summed E-state index contributed by atoms with van der Waals surface area (Å²) < 4.78 is 6.08. The van der Waals surface area contributed by atoms with Gasteiger partial charge in [0.1, 0.15) is 5.54 Å². The van der Waals surface area contributed by atoms with Gasteiger partial charge in [0, 0.05) is 9.61 Å². The lowest BCUT2D eigenvalue weighted by Crippen LogP contribution is -2.48. The summed E-state index contributed by atoms with van der Waals surface area (Å²) in [4.78, 5) is 12.0. The second-order valence-electron chi connectivity index (χ2n) is 4.54. The molecule has 0 aliphatic heterocycles. The zero-order valence-electron chi connectivity index (χ0n) is 10.00. The molecule has 1 N–H and O–H groups in total. The van der Waals surface area contributed by atoms with Crippen molar-refractivity contribution in [1.29, 1.82) is 0 Å². The smallest absolute Gasteiger partial charge is 0.330 e. The van der Waals surface area contributed by atoms with E-state index in [4.69, 9.17) is 4.74 Å². The highest BCUT2D eigenvalue weighted by Gasteiger charge is 2.40. The molecule has 0 aromatic heterocycles. The molecule has 4 heteroatoms. The van der Waals surface area contributed by atoms with Crippen LogP contribution in [0.4, 0.5) is 0 Å². The molecule has 17 heavy (non-hydrogen) atoms. The van der Waals surface area contributed by atoms with Crippen molar-refractivity contribution >= 4 is 28.6 Å². The van der Waals surface area contributed by atoms with E-state index in [1.807, 2.05) is 31.2 Å². The highest BCUT2D eigenvalue weighted by atomic mass is 127. The predicted molar refractivity (Wildman–Crippen MR) is 74.7 cm³/mol. The van der Waals surface area contributed by atoms with Crippen molar-refractivity contribution in [2.24, 2.45) is 0 Å². The van der Waals surface area contributed by atoms with E-state index in [1.54, 1.807) is 0 Å². The van der Waals surface area contributed by atoms with Gasteiger partial charge in [0.2, 0.25) is 0 Å². The Labute approximate surface area is 115 Å². The Morgan fingerprint density at radius 1 is 1.41 bits per heavy atom. The van der Waals surface area contributed by atoms with E-state index in [0.29, 0.717) is 6.04 Å². The molecule has 0 bridgehead atoms. The monoisotopic (exact) mass is 345 g/mol. The lowest BCUT2D eigenvalue weighted by atomic mass is 9.92. The Morgan fingerprint density at radius 2 is 2.00 bits per heavy atom. The zero-order chi connectivity index (χ0) is 12.5. The van der Waals surface area contributed by atoms with Gasteiger partial charge in [0.05, 0.1) is 7.11 Å². The van der Waals surface area contributed by atoms with E-state index in [1.165, 1.54) is 7.11 Å². The van der Waals surface area contributed by atoms with Crippen molar-refractivity contribution in [3.05, 3.63) is 33.4 Å². The number of hydrogen-bond donors (Lipinski definition) is 1. The highest BCUT2D eigenvalue weighted by Crippen LogP contribution is 2.29. The summed E-state index contributed by atoms with van der Waals surface area (Å²) in [5.41, 5.74) is 0.219. The molecule has 1 aliphatic rings. The third kappa shape index (κ3) is 2.80. The zero-order valence-corrected chi connectivity index (χ0v) is 12.2. The number of nitrogens with one attached hydrogen (secondary N) is 1. The molecule has 1 aromatic carbocycles. The van der Waals surface area contributed by atoms with Gasteiger partial charge in [0.15, 0.2) is 0 Å². The van der Waals surface area contributed by atoms with E-state index >= 15 is 0 Å². The Kier molecular flexibility index (Phi) is 3.73. The third-order valence-electron chi connectivity index (χ3n) is 3.09. The molecule has 1 unspecified atom stereocenters. The van der Waals surface area contributed by atoms with Crippen LogP contribution < -0.4 is 5.32 Å². The summed E-state index contributed by atoms with van der Waals surface area (Å²) in [5, 5.41) is 3.38.